The third-order valence-electron chi connectivity index (χ3n) is 6.41. The van der Waals surface area contributed by atoms with Crippen molar-refractivity contribution >= 4 is 50.6 Å². The number of para-hydroxylation sites is 1. The van der Waals surface area contributed by atoms with Gasteiger partial charge in [-0.1, -0.05) is 24.3 Å². The van der Waals surface area contributed by atoms with Gasteiger partial charge in [-0.05, 0) is 66.6 Å². The highest BCUT2D eigenvalue weighted by Crippen LogP contribution is 2.46. The first-order valence-corrected chi connectivity index (χ1v) is 13.1. The number of nitrogens with one attached hydrogen (secondary N) is 1. The second kappa shape index (κ2) is 10.1. The van der Waals surface area contributed by atoms with Crippen LogP contribution in [0.3, 0.4) is 0 Å². The standard InChI is InChI=1S/C30H21N5O4S/c1-17-13-21(39-20-7-4-5-18(14-20)16-38-24-8-3-2-6-19(24)15-31)9-10-22(17)35-23-11-12-33-29-25(23)26(34-30(35)37)27(40-29)28(32)36/h2-14H,16H2,1H3,(H2,32,36)(H,34,37). The van der Waals surface area contributed by atoms with Gasteiger partial charge in [-0.15, -0.1) is 11.3 Å². The van der Waals surface area contributed by atoms with Crippen molar-refractivity contribution in [3.63, 3.8) is 0 Å². The highest BCUT2D eigenvalue weighted by atomic mass is 32.1. The number of urea groups is 1. The minimum absolute atomic E-state index is 0.269. The van der Waals surface area contributed by atoms with E-state index >= 15 is 0 Å². The van der Waals surface area contributed by atoms with Crippen LogP contribution in [0.4, 0.5) is 21.9 Å². The fraction of sp³-hybridized carbons (Fsp3) is 0.0667. The molecule has 3 N–H and O–H groups in total. The van der Waals surface area contributed by atoms with Gasteiger partial charge in [0.1, 0.15) is 39.6 Å². The number of pyridine rings is 1. The Labute approximate surface area is 233 Å². The van der Waals surface area contributed by atoms with E-state index in [1.807, 2.05) is 49.4 Å². The van der Waals surface area contributed by atoms with Gasteiger partial charge in [0.25, 0.3) is 5.91 Å². The highest BCUT2D eigenvalue weighted by molar-refractivity contribution is 7.21. The van der Waals surface area contributed by atoms with Gasteiger partial charge in [0.05, 0.1) is 28.0 Å². The van der Waals surface area contributed by atoms with Crippen LogP contribution in [-0.2, 0) is 6.61 Å². The number of benzene rings is 3. The molecule has 0 atom stereocenters. The van der Waals surface area contributed by atoms with Crippen molar-refractivity contribution in [2.75, 3.05) is 10.2 Å². The Morgan fingerprint density at radius 2 is 1.90 bits per heavy atom. The maximum atomic E-state index is 13.2. The number of anilines is 3. The van der Waals surface area contributed by atoms with Crippen molar-refractivity contribution in [3.8, 4) is 23.3 Å². The van der Waals surface area contributed by atoms with Gasteiger partial charge >= 0.3 is 6.03 Å². The van der Waals surface area contributed by atoms with Gasteiger partial charge < -0.3 is 20.5 Å². The van der Waals surface area contributed by atoms with Gasteiger partial charge in [0.2, 0.25) is 0 Å². The van der Waals surface area contributed by atoms with Crippen LogP contribution >= 0.6 is 11.3 Å². The zero-order chi connectivity index (χ0) is 27.8. The first-order chi connectivity index (χ1) is 19.4. The van der Waals surface area contributed by atoms with Gasteiger partial charge in [0.15, 0.2) is 0 Å². The zero-order valence-electron chi connectivity index (χ0n) is 21.2. The lowest BCUT2D eigenvalue weighted by molar-refractivity contribution is 0.100. The van der Waals surface area contributed by atoms with E-state index in [1.165, 1.54) is 0 Å². The molecule has 6 rings (SSSR count). The molecular formula is C30H21N5O4S. The van der Waals surface area contributed by atoms with E-state index in [-0.39, 0.29) is 11.5 Å². The topological polar surface area (TPSA) is 131 Å². The molecular weight excluding hydrogens is 526 g/mol. The fourth-order valence-corrected chi connectivity index (χ4v) is 5.59. The molecule has 1 aliphatic heterocycles. The molecule has 0 fully saturated rings. The lowest BCUT2D eigenvalue weighted by Crippen LogP contribution is -2.34. The number of hydrogen-bond acceptors (Lipinski definition) is 7. The summed E-state index contributed by atoms with van der Waals surface area (Å²) in [5, 5.41) is 12.8. The summed E-state index contributed by atoms with van der Waals surface area (Å²) in [6.45, 7) is 2.17. The Balaban J connectivity index is 1.24. The second-order valence-electron chi connectivity index (χ2n) is 9.04. The number of aromatic nitrogens is 1. The van der Waals surface area contributed by atoms with Crippen LogP contribution in [0.5, 0.6) is 17.2 Å². The zero-order valence-corrected chi connectivity index (χ0v) is 22.0. The highest BCUT2D eigenvalue weighted by Gasteiger charge is 2.32. The summed E-state index contributed by atoms with van der Waals surface area (Å²) >= 11 is 1.15. The summed E-state index contributed by atoms with van der Waals surface area (Å²) in [6, 6.07) is 23.5. The van der Waals surface area contributed by atoms with E-state index in [1.54, 1.807) is 41.4 Å². The van der Waals surface area contributed by atoms with Crippen molar-refractivity contribution in [2.45, 2.75) is 13.5 Å². The molecule has 0 radical (unpaired) electrons. The van der Waals surface area contributed by atoms with E-state index in [0.717, 1.165) is 22.5 Å². The molecule has 0 aliphatic carbocycles. The predicted molar refractivity (Wildman–Crippen MR) is 152 cm³/mol. The number of rotatable bonds is 7. The molecule has 3 aromatic carbocycles. The molecule has 3 amide bonds. The Morgan fingerprint density at radius 1 is 1.07 bits per heavy atom. The summed E-state index contributed by atoms with van der Waals surface area (Å²) in [6.07, 6.45) is 1.61. The summed E-state index contributed by atoms with van der Waals surface area (Å²) in [5.74, 6) is 1.13. The summed E-state index contributed by atoms with van der Waals surface area (Å²) in [7, 11) is 0. The monoisotopic (exact) mass is 547 g/mol. The fourth-order valence-electron chi connectivity index (χ4n) is 4.62. The lowest BCUT2D eigenvalue weighted by Gasteiger charge is -2.29. The minimum Gasteiger partial charge on any atom is -0.488 e. The molecule has 196 valence electrons. The summed E-state index contributed by atoms with van der Waals surface area (Å²) in [4.78, 5) is 32.0. The van der Waals surface area contributed by atoms with Crippen molar-refractivity contribution < 1.29 is 19.1 Å². The van der Waals surface area contributed by atoms with Gasteiger partial charge in [0, 0.05) is 6.20 Å². The third-order valence-corrected chi connectivity index (χ3v) is 7.53. The second-order valence-corrected chi connectivity index (χ2v) is 10.0. The number of carbonyl (C=O) groups is 2. The van der Waals surface area contributed by atoms with E-state index in [9.17, 15) is 14.9 Å². The Bertz CT molecular complexity index is 1860. The van der Waals surface area contributed by atoms with Crippen LogP contribution in [0.1, 0.15) is 26.4 Å². The van der Waals surface area contributed by atoms with Crippen LogP contribution in [0, 0.1) is 18.3 Å². The van der Waals surface area contributed by atoms with Gasteiger partial charge in [-0.3, -0.25) is 9.69 Å². The number of hydrogen-bond donors (Lipinski definition) is 2. The number of ether oxygens (including phenoxy) is 2. The van der Waals surface area contributed by atoms with Crippen LogP contribution in [0.25, 0.3) is 10.2 Å². The summed E-state index contributed by atoms with van der Waals surface area (Å²) < 4.78 is 12.0. The third kappa shape index (κ3) is 4.44. The van der Waals surface area contributed by atoms with E-state index in [0.29, 0.717) is 50.1 Å². The quantitative estimate of drug-likeness (QED) is 0.235. The number of nitrogens with zero attached hydrogens (tertiary/aromatic N) is 3. The van der Waals surface area contributed by atoms with E-state index in [2.05, 4.69) is 16.4 Å². The molecule has 3 heterocycles. The van der Waals surface area contributed by atoms with Crippen molar-refractivity contribution in [2.24, 2.45) is 5.73 Å². The van der Waals surface area contributed by atoms with Crippen LogP contribution < -0.4 is 25.4 Å². The smallest absolute Gasteiger partial charge is 0.331 e. The average molecular weight is 548 g/mol. The first kappa shape index (κ1) is 24.9. The van der Waals surface area contributed by atoms with E-state index in [4.69, 9.17) is 15.2 Å². The number of primary amides is 1. The molecule has 0 unspecified atom stereocenters. The Kier molecular flexibility index (Phi) is 6.26. The molecule has 5 aromatic rings. The van der Waals surface area contributed by atoms with Crippen molar-refractivity contribution in [1.29, 1.82) is 5.26 Å². The van der Waals surface area contributed by atoms with Gasteiger partial charge in [-0.2, -0.15) is 5.26 Å². The maximum Gasteiger partial charge on any atom is 0.331 e. The van der Waals surface area contributed by atoms with Gasteiger partial charge in [-0.25, -0.2) is 9.78 Å². The number of nitriles is 1. The summed E-state index contributed by atoms with van der Waals surface area (Å²) in [5.41, 5.74) is 9.37. The number of nitrogens with two attached hydrogens (primary N) is 1. The molecule has 0 spiro atoms. The predicted octanol–water partition coefficient (Wildman–Crippen LogP) is 6.63. The maximum absolute atomic E-state index is 13.2. The van der Waals surface area contributed by atoms with Crippen molar-refractivity contribution in [1.82, 2.24) is 4.98 Å². The lowest BCUT2D eigenvalue weighted by atomic mass is 10.1. The SMILES string of the molecule is Cc1cc(Oc2cccc(COc3ccccc3C#N)c2)ccc1N1C(=O)Nc2c(C(N)=O)sc3nccc1c23. The van der Waals surface area contributed by atoms with E-state index < -0.39 is 11.9 Å². The molecule has 40 heavy (non-hydrogen) atoms. The van der Waals surface area contributed by atoms with Crippen molar-refractivity contribution in [3.05, 3.63) is 101 Å². The first-order valence-electron chi connectivity index (χ1n) is 12.2. The van der Waals surface area contributed by atoms with Crippen LogP contribution in [0.15, 0.2) is 79.0 Å². The Hall–Kier alpha value is -5.40. The average Bonchev–Trinajstić information content (AvgIpc) is 3.33. The molecule has 0 saturated heterocycles. The van der Waals surface area contributed by atoms with Crippen LogP contribution in [0.2, 0.25) is 0 Å². The van der Waals surface area contributed by atoms with Crippen LogP contribution in [-0.4, -0.2) is 16.9 Å². The number of aryl methyl sites for hydroxylation is 1. The number of thiophene rings is 1. The molecule has 2 aromatic heterocycles. The molecule has 0 bridgehead atoms. The molecule has 1 aliphatic rings. The molecule has 10 heteroatoms. The molecule has 9 nitrogen and oxygen atoms in total. The largest absolute Gasteiger partial charge is 0.488 e. The molecule has 0 saturated carbocycles. The minimum atomic E-state index is -0.613. The number of carbonyl (C=O) groups excluding carboxylic acids is 2. The normalized spacial score (nSPS) is 12.1. The number of amides is 3. The Morgan fingerprint density at radius 3 is 2.70 bits per heavy atom.